The molecule has 1 unspecified atom stereocenters. The number of carbonyl (C=O) groups is 1. The second-order valence-corrected chi connectivity index (χ2v) is 1.20. The second-order valence-electron chi connectivity index (χ2n) is 1.20. The van der Waals surface area contributed by atoms with Crippen molar-refractivity contribution in [2.75, 3.05) is 0 Å². The lowest BCUT2D eigenvalue weighted by molar-refractivity contribution is -0.146. The van der Waals surface area contributed by atoms with Crippen LogP contribution in [0.4, 0.5) is 0 Å². The van der Waals surface area contributed by atoms with Crippen LogP contribution in [0.5, 0.6) is 0 Å². The first-order chi connectivity index (χ1) is 4.16. The van der Waals surface area contributed by atoms with Crippen LogP contribution in [0.3, 0.4) is 0 Å². The molecular weight excluding hydrogens is 124 g/mol. The van der Waals surface area contributed by atoms with Crippen molar-refractivity contribution in [3.05, 3.63) is 19.3 Å². The van der Waals surface area contributed by atoms with E-state index in [-0.39, 0.29) is 0 Å². The smallest absolute Gasteiger partial charge is 0.336 e. The van der Waals surface area contributed by atoms with Gasteiger partial charge < -0.3 is 9.84 Å². The van der Waals surface area contributed by atoms with Crippen molar-refractivity contribution >= 4 is 5.97 Å². The van der Waals surface area contributed by atoms with E-state index in [9.17, 15) is 9.90 Å². The van der Waals surface area contributed by atoms with E-state index >= 15 is 0 Å². The average molecular weight is 130 g/mol. The molecule has 1 N–H and O–H groups in total. The molecule has 0 aliphatic carbocycles. The summed E-state index contributed by atoms with van der Waals surface area (Å²) in [6.45, 7) is 3.52. The van der Waals surface area contributed by atoms with E-state index in [1.54, 1.807) is 0 Å². The molecule has 0 aromatic carbocycles. The van der Waals surface area contributed by atoms with Gasteiger partial charge in [-0.15, -0.1) is 0 Å². The van der Waals surface area contributed by atoms with Crippen molar-refractivity contribution in [3.8, 4) is 0 Å². The molecule has 2 radical (unpaired) electrons. The summed E-state index contributed by atoms with van der Waals surface area (Å²) in [7, 11) is 0. The Morgan fingerprint density at radius 1 is 1.78 bits per heavy atom. The van der Waals surface area contributed by atoms with Crippen LogP contribution in [0.25, 0.3) is 0 Å². The number of rotatable bonds is 4. The summed E-state index contributed by atoms with van der Waals surface area (Å²) in [6, 6.07) is 0. The Morgan fingerprint density at radius 3 is 2.67 bits per heavy atom. The molecule has 0 aromatic heterocycles. The maximum Gasteiger partial charge on any atom is 0.336 e. The van der Waals surface area contributed by atoms with Gasteiger partial charge in [0.15, 0.2) is 6.61 Å². The van der Waals surface area contributed by atoms with Gasteiger partial charge in [0.05, 0.1) is 0 Å². The Hall–Kier alpha value is -0.870. The number of carboxylic acids is 1. The predicted molar refractivity (Wildman–Crippen MR) is 27.7 cm³/mol. The number of ether oxygens (including phenoxy) is 1. The van der Waals surface area contributed by atoms with Crippen LogP contribution < -0.4 is 0 Å². The van der Waals surface area contributed by atoms with Crippen molar-refractivity contribution in [2.45, 2.75) is 6.29 Å². The van der Waals surface area contributed by atoms with E-state index in [1.807, 2.05) is 0 Å². The number of hydrogen-bond donors (Lipinski definition) is 1. The molecule has 0 saturated carbocycles. The maximum atomic E-state index is 10.2. The van der Waals surface area contributed by atoms with Gasteiger partial charge in [0.2, 0.25) is 6.29 Å². The van der Waals surface area contributed by atoms with Crippen LogP contribution in [0, 0.1) is 6.61 Å². The normalized spacial score (nSPS) is 12.6. The van der Waals surface area contributed by atoms with Crippen molar-refractivity contribution in [1.29, 1.82) is 0 Å². The lowest BCUT2D eigenvalue weighted by Crippen LogP contribution is -2.08. The third-order valence-electron chi connectivity index (χ3n) is 0.495. The zero-order valence-corrected chi connectivity index (χ0v) is 4.61. The summed E-state index contributed by atoms with van der Waals surface area (Å²) in [5.41, 5.74) is 0. The van der Waals surface area contributed by atoms with E-state index in [0.717, 1.165) is 6.08 Å². The van der Waals surface area contributed by atoms with Gasteiger partial charge >= 0.3 is 5.97 Å². The molecule has 1 atom stereocenters. The Bertz CT molecular complexity index is 110. The molecular formula is C5H6O4. The van der Waals surface area contributed by atoms with Crippen molar-refractivity contribution in [1.82, 2.24) is 0 Å². The molecule has 4 nitrogen and oxygen atoms in total. The Morgan fingerprint density at radius 2 is 2.33 bits per heavy atom. The van der Waals surface area contributed by atoms with E-state index < -0.39 is 12.3 Å². The highest BCUT2D eigenvalue weighted by molar-refractivity contribution is 5.74. The quantitative estimate of drug-likeness (QED) is 0.436. The topological polar surface area (TPSA) is 66.4 Å². The van der Waals surface area contributed by atoms with Crippen LogP contribution in [0.2, 0.25) is 0 Å². The Balaban J connectivity index is 3.26. The first-order valence-corrected chi connectivity index (χ1v) is 2.17. The molecule has 50 valence electrons. The standard InChI is InChI=1S/C5H6O4/c1-2-5(8)9-3-4(6)7/h2-3,5H,1H2,(H,6,7). The fraction of sp³-hybridized carbons (Fsp3) is 0.200. The highest BCUT2D eigenvalue weighted by Crippen LogP contribution is 1.90. The van der Waals surface area contributed by atoms with Crippen LogP contribution in [0.15, 0.2) is 12.7 Å². The van der Waals surface area contributed by atoms with Crippen molar-refractivity contribution < 1.29 is 19.7 Å². The van der Waals surface area contributed by atoms with Gasteiger partial charge in [-0.25, -0.2) is 4.79 Å². The molecule has 0 bridgehead atoms. The lowest BCUT2D eigenvalue weighted by Gasteiger charge is -1.98. The molecule has 0 heterocycles. The van der Waals surface area contributed by atoms with Crippen LogP contribution >= 0.6 is 0 Å². The van der Waals surface area contributed by atoms with Gasteiger partial charge in [0.25, 0.3) is 0 Å². The molecule has 0 rings (SSSR count). The molecule has 0 aromatic rings. The summed E-state index contributed by atoms with van der Waals surface area (Å²) < 4.78 is 4.05. The SMILES string of the molecule is C=CC([O])O[CH]C(=O)O. The third-order valence-corrected chi connectivity index (χ3v) is 0.495. The summed E-state index contributed by atoms with van der Waals surface area (Å²) >= 11 is 0. The molecule has 0 fully saturated rings. The zero-order valence-electron chi connectivity index (χ0n) is 4.61. The van der Waals surface area contributed by atoms with E-state index in [0.29, 0.717) is 6.61 Å². The van der Waals surface area contributed by atoms with Crippen LogP contribution in [-0.4, -0.2) is 17.4 Å². The number of carboxylic acid groups (broad SMARTS) is 1. The van der Waals surface area contributed by atoms with E-state index in [1.165, 1.54) is 0 Å². The van der Waals surface area contributed by atoms with Gasteiger partial charge in [-0.05, 0) is 6.08 Å². The van der Waals surface area contributed by atoms with Gasteiger partial charge in [0, 0.05) is 0 Å². The van der Waals surface area contributed by atoms with Gasteiger partial charge in [-0.1, -0.05) is 6.58 Å². The highest BCUT2D eigenvalue weighted by atomic mass is 16.6. The van der Waals surface area contributed by atoms with Crippen molar-refractivity contribution in [3.63, 3.8) is 0 Å². The fourth-order valence-electron chi connectivity index (χ4n) is 0.181. The molecule has 9 heavy (non-hydrogen) atoms. The average Bonchev–Trinajstić information content (AvgIpc) is 1.83. The fourth-order valence-corrected chi connectivity index (χ4v) is 0.181. The summed E-state index contributed by atoms with van der Waals surface area (Å²) in [6.07, 6.45) is -0.527. The molecule has 0 aliphatic heterocycles. The second kappa shape index (κ2) is 4.05. The third kappa shape index (κ3) is 4.99. The van der Waals surface area contributed by atoms with Crippen LogP contribution in [0.1, 0.15) is 0 Å². The number of aliphatic carboxylic acids is 1. The monoisotopic (exact) mass is 130 g/mol. The Kier molecular flexibility index (Phi) is 3.66. The lowest BCUT2D eigenvalue weighted by atomic mass is 10.6. The van der Waals surface area contributed by atoms with Gasteiger partial charge in [-0.3, -0.25) is 0 Å². The number of hydrogen-bond acceptors (Lipinski definition) is 2. The molecule has 0 aliphatic rings. The summed E-state index contributed by atoms with van der Waals surface area (Å²) in [4.78, 5) is 9.67. The first-order valence-electron chi connectivity index (χ1n) is 2.17. The van der Waals surface area contributed by atoms with Gasteiger partial charge in [0.1, 0.15) is 0 Å². The molecule has 0 amide bonds. The predicted octanol–water partition coefficient (Wildman–Crippen LogP) is 0.192. The van der Waals surface area contributed by atoms with E-state index in [2.05, 4.69) is 11.3 Å². The van der Waals surface area contributed by atoms with E-state index in [4.69, 9.17) is 5.11 Å². The summed E-state index contributed by atoms with van der Waals surface area (Å²) in [5, 5.41) is 18.1. The van der Waals surface area contributed by atoms with Gasteiger partial charge in [-0.2, -0.15) is 5.11 Å². The first kappa shape index (κ1) is 8.13. The molecule has 0 saturated heterocycles. The Labute approximate surface area is 52.4 Å². The minimum absolute atomic E-state index is 0.430. The molecule has 0 spiro atoms. The summed E-state index contributed by atoms with van der Waals surface area (Å²) in [5.74, 6) is -1.28. The molecule has 4 heteroatoms. The maximum absolute atomic E-state index is 10.2. The highest BCUT2D eigenvalue weighted by Gasteiger charge is 2.03. The minimum Gasteiger partial charge on any atom is -0.479 e. The van der Waals surface area contributed by atoms with Crippen molar-refractivity contribution in [2.24, 2.45) is 0 Å². The minimum atomic E-state index is -1.49. The largest absolute Gasteiger partial charge is 0.479 e. The zero-order chi connectivity index (χ0) is 7.28. The van der Waals surface area contributed by atoms with Crippen LogP contribution in [-0.2, 0) is 14.6 Å².